The molecule has 16 valence electrons. The van der Waals surface area contributed by atoms with Gasteiger partial charge in [0.1, 0.15) is 0 Å². The number of nitrogens with zero attached hydrogens (tertiary/aromatic N) is 1. The van der Waals surface area contributed by atoms with Crippen molar-refractivity contribution in [1.82, 2.24) is 0 Å². The molecule has 0 aromatic heterocycles. The summed E-state index contributed by atoms with van der Waals surface area (Å²) in [6, 6.07) is 0. The van der Waals surface area contributed by atoms with Gasteiger partial charge in [-0.15, -0.1) is 0 Å². The molecule has 2 radical (unpaired) electrons. The van der Waals surface area contributed by atoms with Gasteiger partial charge in [-0.25, -0.2) is 0 Å². The van der Waals surface area contributed by atoms with E-state index in [-0.39, 0.29) is 29.6 Å². The van der Waals surface area contributed by atoms with Crippen molar-refractivity contribution in [3.63, 3.8) is 0 Å². The van der Waals surface area contributed by atoms with Crippen LogP contribution in [-0.4, -0.2) is 45.6 Å². The molecule has 4 heavy (non-hydrogen) atoms. The average Bonchev–Trinajstić information content (AvgIpc) is 0.918. The Morgan fingerprint density at radius 3 is 1.75 bits per heavy atom. The molecule has 0 atom stereocenters. The van der Waals surface area contributed by atoms with Gasteiger partial charge in [-0.3, -0.25) is 0 Å². The Balaban J connectivity index is 0. The molecule has 1 nitrogen and oxygen atoms in total. The van der Waals surface area contributed by atoms with Crippen LogP contribution in [0, 0.1) is 10.2 Å². The van der Waals surface area contributed by atoms with Crippen LogP contribution in [0.15, 0.2) is 0 Å². The summed E-state index contributed by atoms with van der Waals surface area (Å²) in [5, 5.41) is 7.26. The van der Waals surface area contributed by atoms with Gasteiger partial charge in [0, 0.05) is 29.6 Å². The zero-order chi connectivity index (χ0) is 2.71. The molecular weight excluding hydrogens is 128 g/mol. The van der Waals surface area contributed by atoms with Crippen molar-refractivity contribution in [2.75, 3.05) is 0 Å². The molecule has 0 amide bonds. The largest absolute Gasteiger partial charge is 0 e. The minimum atomic E-state index is 0. The summed E-state index contributed by atoms with van der Waals surface area (Å²) in [6.07, 6.45) is 0. The summed E-state index contributed by atoms with van der Waals surface area (Å²) in [7, 11) is 0. The van der Waals surface area contributed by atoms with Crippen molar-refractivity contribution in [2.24, 2.45) is 0 Å². The van der Waals surface area contributed by atoms with Gasteiger partial charge in [0.15, 0.2) is 0 Å². The van der Waals surface area contributed by atoms with Gasteiger partial charge in [0.05, 0.1) is 0 Å². The molecule has 0 bridgehead atoms. The van der Waals surface area contributed by atoms with Gasteiger partial charge in [-0.05, 0) is 0 Å². The van der Waals surface area contributed by atoms with Crippen molar-refractivity contribution in [3.05, 3.63) is 0 Å². The minimum absolute atomic E-state index is 0. The summed E-state index contributed by atoms with van der Waals surface area (Å²) in [6.45, 7) is 0. The van der Waals surface area contributed by atoms with E-state index in [4.69, 9.17) is 5.26 Å². The first-order chi connectivity index (χ1) is 1.41. The number of hydrogen-bond acceptors (Lipinski definition) is 1. The van der Waals surface area contributed by atoms with Crippen LogP contribution in [-0.2, 0) is 0 Å². The van der Waals surface area contributed by atoms with E-state index in [1.165, 1.54) is 0 Å². The summed E-state index contributed by atoms with van der Waals surface area (Å²) in [5.41, 5.74) is 0. The molecule has 0 fully saturated rings. The predicted octanol–water partition coefficient (Wildman–Crippen LogP) is -0.745. The Bertz CT molecular complexity index is 29.5. The zero-order valence-electron chi connectivity index (χ0n) is 2.36. The first kappa shape index (κ1) is 8.89. The van der Waals surface area contributed by atoms with Gasteiger partial charge in [-0.1, -0.05) is 0 Å². The first-order valence-electron chi connectivity index (χ1n) is 0.428. The van der Waals surface area contributed by atoms with E-state index in [9.17, 15) is 0 Å². The number of rotatable bonds is 0. The fourth-order valence-corrected chi connectivity index (χ4v) is 0. The summed E-state index contributed by atoms with van der Waals surface area (Å²) in [4.78, 5) is 1.62. The molecule has 0 N–H and O–H groups in total. The van der Waals surface area contributed by atoms with Gasteiger partial charge in [-0.2, -0.15) is 0 Å². The Hall–Kier alpha value is 1.01. The third-order valence-electron chi connectivity index (χ3n) is 0. The van der Waals surface area contributed by atoms with E-state index in [2.05, 4.69) is 16.0 Å². The van der Waals surface area contributed by atoms with E-state index in [0.29, 0.717) is 0 Å². The van der Waals surface area contributed by atoms with E-state index in [1.54, 1.807) is 4.97 Å². The normalized spacial score (nSPS) is 1.75. The second-order valence-electron chi connectivity index (χ2n) is 0.0913. The van der Waals surface area contributed by atoms with Gasteiger partial charge >= 0.3 is 26.2 Å². The molecule has 0 unspecified atom stereocenters. The molecule has 0 aliphatic heterocycles. The molecule has 3 heteroatoms. The molecule has 0 saturated carbocycles. The van der Waals surface area contributed by atoms with Crippen molar-refractivity contribution >= 4 is 45.6 Å². The Kier molecular flexibility index (Phi) is 20.0. The fourth-order valence-electron chi connectivity index (χ4n) is 0. The number of hydrogen-bond donors (Lipinski definition) is 0. The van der Waals surface area contributed by atoms with E-state index < -0.39 is 0 Å². The molecule has 0 saturated heterocycles. The van der Waals surface area contributed by atoms with Crippen molar-refractivity contribution in [3.8, 4) is 4.97 Å². The standard InChI is InChI=1S/CNSe.Na/c2-1-3;. The average molecular weight is 128 g/mol. The smallest absolute Gasteiger partial charge is 0 e. The summed E-state index contributed by atoms with van der Waals surface area (Å²) >= 11 is 2.11. The molecule has 0 aromatic rings. The van der Waals surface area contributed by atoms with Crippen LogP contribution in [0.25, 0.3) is 0 Å². The Morgan fingerprint density at radius 1 is 1.75 bits per heavy atom. The zero-order valence-corrected chi connectivity index (χ0v) is 6.07. The summed E-state index contributed by atoms with van der Waals surface area (Å²) in [5.74, 6) is 0. The first-order valence-corrected chi connectivity index (χ1v) is 1.28. The Morgan fingerprint density at radius 2 is 1.75 bits per heavy atom. The molecular formula is CNNaSe. The van der Waals surface area contributed by atoms with Crippen LogP contribution in [0.5, 0.6) is 0 Å². The van der Waals surface area contributed by atoms with Crippen LogP contribution in [0.4, 0.5) is 0 Å². The quantitative estimate of drug-likeness (QED) is 0.394. The van der Waals surface area contributed by atoms with Gasteiger partial charge < -0.3 is 0 Å². The SMILES string of the molecule is N#C[Se].[Na]. The van der Waals surface area contributed by atoms with Crippen LogP contribution >= 0.6 is 0 Å². The minimum Gasteiger partial charge on any atom is 0 e. The van der Waals surface area contributed by atoms with E-state index in [0.717, 1.165) is 0 Å². The summed E-state index contributed by atoms with van der Waals surface area (Å²) < 4.78 is 0. The fraction of sp³-hybridized carbons (Fsp3) is 0. The van der Waals surface area contributed by atoms with Crippen molar-refractivity contribution in [2.45, 2.75) is 0 Å². The predicted molar refractivity (Wildman–Crippen MR) is 17.1 cm³/mol. The van der Waals surface area contributed by atoms with Crippen molar-refractivity contribution < 1.29 is 0 Å². The maximum absolute atomic E-state index is 7.26. The van der Waals surface area contributed by atoms with Crippen LogP contribution in [0.1, 0.15) is 0 Å². The third kappa shape index (κ3) is 11.9. The van der Waals surface area contributed by atoms with Gasteiger partial charge in [0.2, 0.25) is 0 Å². The van der Waals surface area contributed by atoms with E-state index >= 15 is 0 Å². The molecule has 0 aromatic carbocycles. The second-order valence-corrected chi connectivity index (χ2v) is 0.474. The maximum Gasteiger partial charge on any atom is 0 e. The molecule has 0 aliphatic carbocycles. The van der Waals surface area contributed by atoms with Crippen molar-refractivity contribution in [1.29, 1.82) is 5.26 Å². The molecule has 0 aliphatic rings. The molecule has 0 spiro atoms. The topological polar surface area (TPSA) is 23.8 Å². The van der Waals surface area contributed by atoms with Crippen LogP contribution in [0.3, 0.4) is 0 Å². The third-order valence-corrected chi connectivity index (χ3v) is 0. The molecule has 0 rings (SSSR count). The van der Waals surface area contributed by atoms with Gasteiger partial charge in [0.25, 0.3) is 0 Å². The maximum atomic E-state index is 7.26. The second kappa shape index (κ2) is 8.99. The monoisotopic (exact) mass is 129 g/mol. The van der Waals surface area contributed by atoms with E-state index in [1.807, 2.05) is 0 Å². The number of nitriles is 1. The Labute approximate surface area is 55.5 Å². The van der Waals surface area contributed by atoms with Crippen LogP contribution < -0.4 is 0 Å². The van der Waals surface area contributed by atoms with Crippen LogP contribution in [0.2, 0.25) is 0 Å². The molecule has 0 heterocycles.